The van der Waals surface area contributed by atoms with E-state index in [0.29, 0.717) is 17.4 Å². The summed E-state index contributed by atoms with van der Waals surface area (Å²) >= 11 is 0. The molecule has 1 aromatic heterocycles. The molecule has 0 saturated heterocycles. The highest BCUT2D eigenvalue weighted by Gasteiger charge is 2.12. The van der Waals surface area contributed by atoms with E-state index in [-0.39, 0.29) is 0 Å². The molecule has 0 saturated carbocycles. The Kier molecular flexibility index (Phi) is 4.40. The lowest BCUT2D eigenvalue weighted by Crippen LogP contribution is -1.99. The zero-order chi connectivity index (χ0) is 14.7. The average molecular weight is 271 g/mol. The van der Waals surface area contributed by atoms with Crippen LogP contribution in [0.2, 0.25) is 0 Å². The van der Waals surface area contributed by atoms with Gasteiger partial charge in [0.1, 0.15) is 5.75 Å². The number of hydrogen-bond donors (Lipinski definition) is 1. The molecule has 0 aliphatic heterocycles. The van der Waals surface area contributed by atoms with E-state index in [2.05, 4.69) is 31.0 Å². The van der Waals surface area contributed by atoms with Crippen LogP contribution in [-0.2, 0) is 0 Å². The van der Waals surface area contributed by atoms with Crippen molar-refractivity contribution in [2.75, 3.05) is 0 Å². The van der Waals surface area contributed by atoms with E-state index in [1.807, 2.05) is 19.1 Å². The number of aromatic nitrogens is 1. The van der Waals surface area contributed by atoms with Gasteiger partial charge in [0.05, 0.1) is 6.10 Å². The van der Waals surface area contributed by atoms with Crippen molar-refractivity contribution in [2.24, 2.45) is 0 Å². The second-order valence-corrected chi connectivity index (χ2v) is 5.36. The number of aryl methyl sites for hydroxylation is 1. The molecule has 2 aromatic rings. The van der Waals surface area contributed by atoms with Crippen molar-refractivity contribution < 1.29 is 9.84 Å². The average Bonchev–Trinajstić information content (AvgIpc) is 2.41. The standard InChI is InChI=1S/C17H21NO2/c1-11(2)14-8-7-12(3)16(10-14)20-17-15(13(4)19)6-5-9-18-17/h5-11,13,19H,1-4H3. The molecule has 3 heteroatoms. The summed E-state index contributed by atoms with van der Waals surface area (Å²) < 4.78 is 5.92. The van der Waals surface area contributed by atoms with E-state index < -0.39 is 6.10 Å². The first kappa shape index (κ1) is 14.5. The van der Waals surface area contributed by atoms with E-state index in [1.54, 1.807) is 19.2 Å². The van der Waals surface area contributed by atoms with Crippen molar-refractivity contribution in [2.45, 2.75) is 39.7 Å². The lowest BCUT2D eigenvalue weighted by molar-refractivity contribution is 0.194. The molecule has 0 aliphatic rings. The molecule has 106 valence electrons. The number of aliphatic hydroxyl groups excluding tert-OH is 1. The summed E-state index contributed by atoms with van der Waals surface area (Å²) in [5.41, 5.74) is 2.97. The van der Waals surface area contributed by atoms with Crippen LogP contribution >= 0.6 is 0 Å². The summed E-state index contributed by atoms with van der Waals surface area (Å²) in [4.78, 5) is 4.23. The molecule has 1 N–H and O–H groups in total. The molecule has 1 unspecified atom stereocenters. The molecule has 2 rings (SSSR count). The Morgan fingerprint density at radius 2 is 1.90 bits per heavy atom. The first-order valence-corrected chi connectivity index (χ1v) is 6.90. The number of ether oxygens (including phenoxy) is 1. The smallest absolute Gasteiger partial charge is 0.225 e. The SMILES string of the molecule is Cc1ccc(C(C)C)cc1Oc1ncccc1C(C)O. The highest BCUT2D eigenvalue weighted by molar-refractivity contribution is 5.41. The van der Waals surface area contributed by atoms with E-state index in [1.165, 1.54) is 5.56 Å². The third-order valence-electron chi connectivity index (χ3n) is 3.34. The van der Waals surface area contributed by atoms with Crippen LogP contribution in [0.15, 0.2) is 36.5 Å². The zero-order valence-corrected chi connectivity index (χ0v) is 12.4. The molecule has 0 aliphatic carbocycles. The van der Waals surface area contributed by atoms with Gasteiger partial charge in [-0.3, -0.25) is 0 Å². The molecule has 0 spiro atoms. The van der Waals surface area contributed by atoms with Gasteiger partial charge in [0.15, 0.2) is 0 Å². The topological polar surface area (TPSA) is 42.4 Å². The Morgan fingerprint density at radius 3 is 2.55 bits per heavy atom. The summed E-state index contributed by atoms with van der Waals surface area (Å²) in [7, 11) is 0. The number of rotatable bonds is 4. The highest BCUT2D eigenvalue weighted by Crippen LogP contribution is 2.31. The van der Waals surface area contributed by atoms with E-state index in [4.69, 9.17) is 4.74 Å². The van der Waals surface area contributed by atoms with Crippen molar-refractivity contribution in [3.05, 3.63) is 53.2 Å². The fourth-order valence-corrected chi connectivity index (χ4v) is 2.00. The van der Waals surface area contributed by atoms with E-state index in [9.17, 15) is 5.11 Å². The second kappa shape index (κ2) is 6.06. The summed E-state index contributed by atoms with van der Waals surface area (Å²) in [6.07, 6.45) is 1.07. The van der Waals surface area contributed by atoms with Crippen LogP contribution in [-0.4, -0.2) is 10.1 Å². The maximum absolute atomic E-state index is 9.77. The molecule has 1 heterocycles. The predicted molar refractivity (Wildman–Crippen MR) is 80.2 cm³/mol. The van der Waals surface area contributed by atoms with Gasteiger partial charge < -0.3 is 9.84 Å². The van der Waals surface area contributed by atoms with Gasteiger partial charge in [-0.05, 0) is 49.1 Å². The third-order valence-corrected chi connectivity index (χ3v) is 3.34. The van der Waals surface area contributed by atoms with Gasteiger partial charge in [0.25, 0.3) is 0 Å². The molecule has 0 radical (unpaired) electrons. The summed E-state index contributed by atoms with van der Waals surface area (Å²) in [5.74, 6) is 1.70. The number of nitrogens with zero attached hydrogens (tertiary/aromatic N) is 1. The number of pyridine rings is 1. The van der Waals surface area contributed by atoms with Crippen LogP contribution in [0.5, 0.6) is 11.6 Å². The molecule has 0 fully saturated rings. The van der Waals surface area contributed by atoms with Gasteiger partial charge in [-0.25, -0.2) is 4.98 Å². The number of benzene rings is 1. The fraction of sp³-hybridized carbons (Fsp3) is 0.353. The molecule has 1 atom stereocenters. The summed E-state index contributed by atoms with van der Waals surface area (Å²) in [5, 5.41) is 9.77. The van der Waals surface area contributed by atoms with Gasteiger partial charge in [-0.2, -0.15) is 0 Å². The van der Waals surface area contributed by atoms with E-state index >= 15 is 0 Å². The number of hydrogen-bond acceptors (Lipinski definition) is 3. The number of aliphatic hydroxyl groups is 1. The Labute approximate surface area is 120 Å². The summed E-state index contributed by atoms with van der Waals surface area (Å²) in [6, 6.07) is 9.83. The van der Waals surface area contributed by atoms with Crippen molar-refractivity contribution in [3.8, 4) is 11.6 Å². The Bertz CT molecular complexity index is 591. The molecule has 0 amide bonds. The van der Waals surface area contributed by atoms with Crippen LogP contribution < -0.4 is 4.74 Å². The van der Waals surface area contributed by atoms with E-state index in [0.717, 1.165) is 11.3 Å². The molecule has 3 nitrogen and oxygen atoms in total. The molecular weight excluding hydrogens is 250 g/mol. The molecule has 20 heavy (non-hydrogen) atoms. The largest absolute Gasteiger partial charge is 0.438 e. The van der Waals surface area contributed by atoms with Crippen LogP contribution in [0.4, 0.5) is 0 Å². The van der Waals surface area contributed by atoms with Crippen molar-refractivity contribution in [1.82, 2.24) is 4.98 Å². The first-order valence-electron chi connectivity index (χ1n) is 6.90. The van der Waals surface area contributed by atoms with Crippen molar-refractivity contribution in [1.29, 1.82) is 0 Å². The maximum atomic E-state index is 9.77. The highest BCUT2D eigenvalue weighted by atomic mass is 16.5. The zero-order valence-electron chi connectivity index (χ0n) is 12.4. The second-order valence-electron chi connectivity index (χ2n) is 5.36. The Balaban J connectivity index is 2.37. The Hall–Kier alpha value is -1.87. The minimum absolute atomic E-state index is 0.443. The van der Waals surface area contributed by atoms with Crippen molar-refractivity contribution >= 4 is 0 Å². The molecule has 0 bridgehead atoms. The van der Waals surface area contributed by atoms with Crippen LogP contribution in [0.25, 0.3) is 0 Å². The first-order chi connectivity index (χ1) is 9.49. The normalized spacial score (nSPS) is 12.5. The predicted octanol–water partition coefficient (Wildman–Crippen LogP) is 4.36. The monoisotopic (exact) mass is 271 g/mol. The van der Waals surface area contributed by atoms with Crippen LogP contribution in [0.1, 0.15) is 49.5 Å². The van der Waals surface area contributed by atoms with Crippen LogP contribution in [0.3, 0.4) is 0 Å². The quantitative estimate of drug-likeness (QED) is 0.898. The molecular formula is C17H21NO2. The van der Waals surface area contributed by atoms with Gasteiger partial charge >= 0.3 is 0 Å². The van der Waals surface area contributed by atoms with Gasteiger partial charge in [0.2, 0.25) is 5.88 Å². The molecule has 1 aromatic carbocycles. The minimum atomic E-state index is -0.604. The van der Waals surface area contributed by atoms with Gasteiger partial charge in [-0.15, -0.1) is 0 Å². The maximum Gasteiger partial charge on any atom is 0.225 e. The minimum Gasteiger partial charge on any atom is -0.438 e. The fourth-order valence-electron chi connectivity index (χ4n) is 2.00. The third kappa shape index (κ3) is 3.17. The van der Waals surface area contributed by atoms with Gasteiger partial charge in [0, 0.05) is 11.8 Å². The van der Waals surface area contributed by atoms with Crippen LogP contribution in [0, 0.1) is 6.92 Å². The van der Waals surface area contributed by atoms with Crippen molar-refractivity contribution in [3.63, 3.8) is 0 Å². The summed E-state index contributed by atoms with van der Waals surface area (Å²) in [6.45, 7) is 8.01. The van der Waals surface area contributed by atoms with Gasteiger partial charge in [-0.1, -0.05) is 26.0 Å². The lowest BCUT2D eigenvalue weighted by Gasteiger charge is -2.15. The Morgan fingerprint density at radius 1 is 1.15 bits per heavy atom. The lowest BCUT2D eigenvalue weighted by atomic mass is 10.0.